The van der Waals surface area contributed by atoms with Gasteiger partial charge in [-0.2, -0.15) is 0 Å². The standard InChI is InChI=1S/C18H17NO4/c1-22-14-10-8-13(9-11-14)19-16(12-6-4-3-5-7-12)15(17(19)20)18(21)23-2/h3-11,15-16H,1-2H3/t15-,16-/m1/s1. The van der Waals surface area contributed by atoms with E-state index in [1.165, 1.54) is 7.11 Å². The lowest BCUT2D eigenvalue weighted by Gasteiger charge is -2.45. The highest BCUT2D eigenvalue weighted by molar-refractivity contribution is 6.14. The molecule has 1 saturated heterocycles. The van der Waals surface area contributed by atoms with E-state index < -0.39 is 11.9 Å². The van der Waals surface area contributed by atoms with Gasteiger partial charge in [-0.25, -0.2) is 0 Å². The number of amides is 1. The fourth-order valence-electron chi connectivity index (χ4n) is 2.87. The molecule has 2 atom stereocenters. The van der Waals surface area contributed by atoms with Gasteiger partial charge in [0, 0.05) is 5.69 Å². The third-order valence-corrected chi connectivity index (χ3v) is 4.04. The molecule has 1 amide bonds. The van der Waals surface area contributed by atoms with Crippen molar-refractivity contribution in [3.63, 3.8) is 0 Å². The number of hydrogen-bond donors (Lipinski definition) is 0. The van der Waals surface area contributed by atoms with E-state index in [1.807, 2.05) is 30.3 Å². The number of methoxy groups -OCH3 is 2. The van der Waals surface area contributed by atoms with Gasteiger partial charge in [-0.15, -0.1) is 0 Å². The lowest BCUT2D eigenvalue weighted by atomic mass is 9.82. The number of ether oxygens (including phenoxy) is 2. The zero-order chi connectivity index (χ0) is 16.4. The fourth-order valence-corrected chi connectivity index (χ4v) is 2.87. The Hall–Kier alpha value is -2.82. The van der Waals surface area contributed by atoms with Crippen LogP contribution in [0.25, 0.3) is 0 Å². The van der Waals surface area contributed by atoms with E-state index in [-0.39, 0.29) is 11.9 Å². The topological polar surface area (TPSA) is 55.8 Å². The molecule has 1 aliphatic rings. The predicted molar refractivity (Wildman–Crippen MR) is 85.2 cm³/mol. The Morgan fingerprint density at radius 2 is 1.65 bits per heavy atom. The summed E-state index contributed by atoms with van der Waals surface area (Å²) < 4.78 is 9.93. The molecule has 118 valence electrons. The van der Waals surface area contributed by atoms with E-state index >= 15 is 0 Å². The fraction of sp³-hybridized carbons (Fsp3) is 0.222. The number of hydrogen-bond acceptors (Lipinski definition) is 4. The lowest BCUT2D eigenvalue weighted by molar-refractivity contribution is -0.155. The van der Waals surface area contributed by atoms with Crippen LogP contribution in [0.1, 0.15) is 11.6 Å². The molecule has 0 aliphatic carbocycles. The number of β-lactam (4-membered cyclic amide) rings is 1. The van der Waals surface area contributed by atoms with E-state index in [4.69, 9.17) is 9.47 Å². The van der Waals surface area contributed by atoms with Crippen LogP contribution in [0.4, 0.5) is 5.69 Å². The van der Waals surface area contributed by atoms with Gasteiger partial charge in [0.25, 0.3) is 0 Å². The summed E-state index contributed by atoms with van der Waals surface area (Å²) in [5.74, 6) is -0.850. The van der Waals surface area contributed by atoms with Crippen LogP contribution in [-0.4, -0.2) is 26.1 Å². The van der Waals surface area contributed by atoms with E-state index in [9.17, 15) is 9.59 Å². The lowest BCUT2D eigenvalue weighted by Crippen LogP contribution is -2.58. The van der Waals surface area contributed by atoms with Crippen LogP contribution in [-0.2, 0) is 14.3 Å². The maximum atomic E-state index is 12.5. The van der Waals surface area contributed by atoms with Gasteiger partial charge in [-0.05, 0) is 29.8 Å². The third-order valence-electron chi connectivity index (χ3n) is 4.04. The molecule has 2 aromatic carbocycles. The Bertz CT molecular complexity index is 712. The van der Waals surface area contributed by atoms with Crippen molar-refractivity contribution in [2.75, 3.05) is 19.1 Å². The average molecular weight is 311 g/mol. The van der Waals surface area contributed by atoms with Gasteiger partial charge in [0.15, 0.2) is 5.92 Å². The van der Waals surface area contributed by atoms with Crippen molar-refractivity contribution in [2.24, 2.45) is 5.92 Å². The van der Waals surface area contributed by atoms with Crippen LogP contribution in [0, 0.1) is 5.92 Å². The van der Waals surface area contributed by atoms with Gasteiger partial charge in [0.05, 0.1) is 20.3 Å². The SMILES string of the molecule is COC(=O)[C@H]1C(=O)N(c2ccc(OC)cc2)[C@@H]1c1ccccc1. The molecular weight excluding hydrogens is 294 g/mol. The number of rotatable bonds is 4. The van der Waals surface area contributed by atoms with Gasteiger partial charge in [-0.1, -0.05) is 30.3 Å². The van der Waals surface area contributed by atoms with Gasteiger partial charge < -0.3 is 14.4 Å². The highest BCUT2D eigenvalue weighted by Gasteiger charge is 2.53. The molecule has 3 rings (SSSR count). The van der Waals surface area contributed by atoms with Gasteiger partial charge in [-0.3, -0.25) is 9.59 Å². The Morgan fingerprint density at radius 1 is 1.00 bits per heavy atom. The van der Waals surface area contributed by atoms with Gasteiger partial charge in [0.1, 0.15) is 5.75 Å². The quantitative estimate of drug-likeness (QED) is 0.495. The molecular formula is C18H17NO4. The molecule has 1 heterocycles. The van der Waals surface area contributed by atoms with Crippen molar-refractivity contribution >= 4 is 17.6 Å². The van der Waals surface area contributed by atoms with E-state index in [2.05, 4.69) is 0 Å². The molecule has 0 aromatic heterocycles. The number of carbonyl (C=O) groups excluding carboxylic acids is 2. The molecule has 0 radical (unpaired) electrons. The number of benzene rings is 2. The van der Waals surface area contributed by atoms with Crippen molar-refractivity contribution in [3.8, 4) is 5.75 Å². The highest BCUT2D eigenvalue weighted by atomic mass is 16.5. The predicted octanol–water partition coefficient (Wildman–Crippen LogP) is 2.57. The summed E-state index contributed by atoms with van der Waals surface area (Å²) in [6, 6.07) is 16.3. The molecule has 0 saturated carbocycles. The number of anilines is 1. The first kappa shape index (κ1) is 15.1. The molecule has 5 nitrogen and oxygen atoms in total. The summed E-state index contributed by atoms with van der Waals surface area (Å²) >= 11 is 0. The molecule has 23 heavy (non-hydrogen) atoms. The molecule has 0 bridgehead atoms. The Balaban J connectivity index is 1.97. The second kappa shape index (κ2) is 6.12. The first-order chi connectivity index (χ1) is 11.2. The summed E-state index contributed by atoms with van der Waals surface area (Å²) in [5, 5.41) is 0. The van der Waals surface area contributed by atoms with Gasteiger partial charge >= 0.3 is 5.97 Å². The zero-order valence-electron chi connectivity index (χ0n) is 12.9. The van der Waals surface area contributed by atoms with Crippen LogP contribution < -0.4 is 9.64 Å². The van der Waals surface area contributed by atoms with E-state index in [0.29, 0.717) is 5.75 Å². The summed E-state index contributed by atoms with van der Waals surface area (Å²) in [7, 11) is 2.89. The number of esters is 1. The minimum absolute atomic E-state index is 0.254. The molecule has 0 N–H and O–H groups in total. The number of carbonyl (C=O) groups is 2. The number of nitrogens with zero attached hydrogens (tertiary/aromatic N) is 1. The second-order valence-electron chi connectivity index (χ2n) is 5.26. The minimum Gasteiger partial charge on any atom is -0.497 e. The van der Waals surface area contributed by atoms with Crippen molar-refractivity contribution in [1.82, 2.24) is 0 Å². The van der Waals surface area contributed by atoms with Crippen LogP contribution in [0.5, 0.6) is 5.75 Å². The third kappa shape index (κ3) is 2.54. The largest absolute Gasteiger partial charge is 0.497 e. The smallest absolute Gasteiger partial charge is 0.320 e. The summed E-state index contributed by atoms with van der Waals surface area (Å²) in [6.45, 7) is 0. The molecule has 1 fully saturated rings. The highest BCUT2D eigenvalue weighted by Crippen LogP contribution is 2.44. The molecule has 5 heteroatoms. The molecule has 0 unspecified atom stereocenters. The summed E-state index contributed by atoms with van der Waals surface area (Å²) in [6.07, 6.45) is 0. The first-order valence-electron chi connectivity index (χ1n) is 7.27. The normalized spacial score (nSPS) is 19.9. The van der Waals surface area contributed by atoms with E-state index in [1.54, 1.807) is 36.3 Å². The van der Waals surface area contributed by atoms with Crippen LogP contribution in [0.2, 0.25) is 0 Å². The Morgan fingerprint density at radius 3 is 2.22 bits per heavy atom. The maximum Gasteiger partial charge on any atom is 0.320 e. The molecule has 1 aliphatic heterocycles. The summed E-state index contributed by atoms with van der Waals surface area (Å²) in [4.78, 5) is 26.1. The summed E-state index contributed by atoms with van der Waals surface area (Å²) in [5.41, 5.74) is 1.63. The molecule has 0 spiro atoms. The van der Waals surface area contributed by atoms with Crippen LogP contribution in [0.15, 0.2) is 54.6 Å². The monoisotopic (exact) mass is 311 g/mol. The second-order valence-corrected chi connectivity index (χ2v) is 5.26. The van der Waals surface area contributed by atoms with Crippen LogP contribution >= 0.6 is 0 Å². The first-order valence-corrected chi connectivity index (χ1v) is 7.27. The van der Waals surface area contributed by atoms with Crippen molar-refractivity contribution in [2.45, 2.75) is 6.04 Å². The molecule has 2 aromatic rings. The van der Waals surface area contributed by atoms with E-state index in [0.717, 1.165) is 11.3 Å². The maximum absolute atomic E-state index is 12.5. The minimum atomic E-state index is -0.801. The average Bonchev–Trinajstić information content (AvgIpc) is 2.60. The Kier molecular flexibility index (Phi) is 4.02. The van der Waals surface area contributed by atoms with Crippen molar-refractivity contribution < 1.29 is 19.1 Å². The van der Waals surface area contributed by atoms with Crippen molar-refractivity contribution in [3.05, 3.63) is 60.2 Å². The Labute approximate surface area is 134 Å². The zero-order valence-corrected chi connectivity index (χ0v) is 12.9. The van der Waals surface area contributed by atoms with Crippen molar-refractivity contribution in [1.29, 1.82) is 0 Å². The van der Waals surface area contributed by atoms with Gasteiger partial charge in [0.2, 0.25) is 5.91 Å². The van der Waals surface area contributed by atoms with Crippen LogP contribution in [0.3, 0.4) is 0 Å².